The Morgan fingerprint density at radius 1 is 0.703 bits per heavy atom. The maximum atomic E-state index is 12.1. The molecule has 37 heavy (non-hydrogen) atoms. The molecule has 4 rings (SSSR count). The number of rotatable bonds is 8. The molecular formula is C28H24O7S2. The average molecular weight is 537 g/mol. The summed E-state index contributed by atoms with van der Waals surface area (Å²) in [6.45, 7) is 2.81. The molecule has 0 spiro atoms. The fourth-order valence-corrected chi connectivity index (χ4v) is 5.14. The van der Waals surface area contributed by atoms with E-state index < -0.39 is 23.5 Å². The molecule has 0 aliphatic carbocycles. The molecule has 2 atom stereocenters. The summed E-state index contributed by atoms with van der Waals surface area (Å²) >= 11 is 2.23. The van der Waals surface area contributed by atoms with Crippen LogP contribution in [-0.2, 0) is 15.2 Å². The van der Waals surface area contributed by atoms with Crippen LogP contribution >= 0.6 is 22.7 Å². The molecule has 0 unspecified atom stereocenters. The van der Waals surface area contributed by atoms with Gasteiger partial charge in [-0.1, -0.05) is 60.7 Å². The van der Waals surface area contributed by atoms with Crippen LogP contribution in [0.2, 0.25) is 0 Å². The van der Waals surface area contributed by atoms with Gasteiger partial charge in [0.25, 0.3) is 0 Å². The average Bonchev–Trinajstić information content (AvgIpc) is 3.60. The van der Waals surface area contributed by atoms with Crippen molar-refractivity contribution in [3.8, 4) is 0 Å². The van der Waals surface area contributed by atoms with Crippen LogP contribution in [0.5, 0.6) is 0 Å². The third kappa shape index (κ3) is 6.65. The molecule has 0 aliphatic heterocycles. The van der Waals surface area contributed by atoms with Crippen molar-refractivity contribution >= 4 is 46.2 Å². The topological polar surface area (TPSA) is 129 Å². The Kier molecular flexibility index (Phi) is 8.88. The second kappa shape index (κ2) is 11.9. The lowest BCUT2D eigenvalue weighted by Gasteiger charge is -2.15. The molecule has 0 aliphatic rings. The number of hydrogen-bond acceptors (Lipinski definition) is 7. The van der Waals surface area contributed by atoms with Gasteiger partial charge in [0.2, 0.25) is 11.6 Å². The second-order valence-electron chi connectivity index (χ2n) is 8.19. The van der Waals surface area contributed by atoms with Crippen molar-refractivity contribution in [2.45, 2.75) is 25.4 Å². The van der Waals surface area contributed by atoms with Gasteiger partial charge in [-0.2, -0.15) is 0 Å². The number of ketones is 2. The molecule has 0 fully saturated rings. The number of carbonyl (C=O) groups excluding carboxylic acids is 2. The van der Waals surface area contributed by atoms with Crippen molar-refractivity contribution in [3.63, 3.8) is 0 Å². The normalized spacial score (nSPS) is 12.9. The molecule has 2 heterocycles. The van der Waals surface area contributed by atoms with Crippen molar-refractivity contribution < 1.29 is 34.5 Å². The second-order valence-corrected chi connectivity index (χ2v) is 10.4. The van der Waals surface area contributed by atoms with Crippen LogP contribution < -0.4 is 0 Å². The van der Waals surface area contributed by atoms with Crippen LogP contribution in [0.4, 0.5) is 0 Å². The minimum atomic E-state index is -1.97. The summed E-state index contributed by atoms with van der Waals surface area (Å²) in [6.07, 6.45) is 0. The number of benzene rings is 2. The Morgan fingerprint density at radius 2 is 1.16 bits per heavy atom. The van der Waals surface area contributed by atoms with Gasteiger partial charge in [-0.25, -0.2) is 4.79 Å². The fraction of sp³-hybridized carbons (Fsp3) is 0.143. The van der Waals surface area contributed by atoms with E-state index in [1.165, 1.54) is 30.4 Å². The number of aliphatic carboxylic acids is 2. The Balaban J connectivity index is 0.000000206. The zero-order chi connectivity index (χ0) is 27.2. The summed E-state index contributed by atoms with van der Waals surface area (Å²) < 4.78 is 0. The van der Waals surface area contributed by atoms with Crippen molar-refractivity contribution in [1.82, 2.24) is 0 Å². The molecule has 4 aromatic rings. The van der Waals surface area contributed by atoms with Crippen LogP contribution in [0.15, 0.2) is 84.9 Å². The molecule has 2 aromatic heterocycles. The lowest BCUT2D eigenvalue weighted by Crippen LogP contribution is -2.30. The monoisotopic (exact) mass is 536 g/mol. The van der Waals surface area contributed by atoms with Crippen molar-refractivity contribution in [2.75, 3.05) is 0 Å². The minimum absolute atomic E-state index is 0.0653. The van der Waals surface area contributed by atoms with Gasteiger partial charge >= 0.3 is 11.9 Å². The smallest absolute Gasteiger partial charge is 0.340 e. The van der Waals surface area contributed by atoms with E-state index in [9.17, 15) is 24.3 Å². The highest BCUT2D eigenvalue weighted by Gasteiger charge is 2.34. The molecule has 2 aromatic carbocycles. The largest absolute Gasteiger partial charge is 0.481 e. The van der Waals surface area contributed by atoms with E-state index in [1.54, 1.807) is 55.5 Å². The number of carbonyl (C=O) groups is 4. The summed E-state index contributed by atoms with van der Waals surface area (Å²) in [5, 5.41) is 27.7. The highest BCUT2D eigenvalue weighted by Crippen LogP contribution is 2.30. The number of carboxylic acid groups (broad SMARTS) is 2. The van der Waals surface area contributed by atoms with Gasteiger partial charge < -0.3 is 15.3 Å². The Bertz CT molecular complexity index is 1400. The molecule has 0 bridgehead atoms. The van der Waals surface area contributed by atoms with Gasteiger partial charge in [0.05, 0.1) is 15.7 Å². The van der Waals surface area contributed by atoms with E-state index >= 15 is 0 Å². The maximum absolute atomic E-state index is 12.1. The van der Waals surface area contributed by atoms with E-state index in [4.69, 9.17) is 10.2 Å². The first kappa shape index (κ1) is 27.7. The molecule has 0 radical (unpaired) electrons. The van der Waals surface area contributed by atoms with Gasteiger partial charge in [-0.15, -0.1) is 22.7 Å². The van der Waals surface area contributed by atoms with Gasteiger partial charge in [0, 0.05) is 20.9 Å². The summed E-state index contributed by atoms with van der Waals surface area (Å²) in [6, 6.07) is 24.1. The quantitative estimate of drug-likeness (QED) is 0.256. The molecule has 0 amide bonds. The van der Waals surface area contributed by atoms with Crippen molar-refractivity contribution in [1.29, 1.82) is 0 Å². The zero-order valence-corrected chi connectivity index (χ0v) is 21.6. The lowest BCUT2D eigenvalue weighted by atomic mass is 10.1. The first-order chi connectivity index (χ1) is 17.5. The third-order valence-electron chi connectivity index (χ3n) is 5.45. The molecule has 190 valence electrons. The summed E-state index contributed by atoms with van der Waals surface area (Å²) in [7, 11) is 0. The maximum Gasteiger partial charge on any atom is 0.340 e. The van der Waals surface area contributed by atoms with Crippen LogP contribution in [0.25, 0.3) is 0 Å². The number of aliphatic hydroxyl groups is 1. The van der Waals surface area contributed by atoms with E-state index in [-0.39, 0.29) is 16.4 Å². The standard InChI is InChI=1S/C14H12O4S.C14H12O3S/c1-14(18,13(16)17)11-8-7-10(19-11)12(15)9-5-3-2-4-6-9;1-9(14(16)17)11-7-8-12(18-11)13(15)10-5-3-2-4-6-10/h2-8,18H,1H3,(H,16,17);2-9H,1H3,(H,16,17)/t14-;9-/m11/s1. The van der Waals surface area contributed by atoms with Crippen LogP contribution in [0.3, 0.4) is 0 Å². The third-order valence-corrected chi connectivity index (χ3v) is 8.01. The Hall–Kier alpha value is -3.92. The predicted molar refractivity (Wildman–Crippen MR) is 142 cm³/mol. The minimum Gasteiger partial charge on any atom is -0.481 e. The van der Waals surface area contributed by atoms with Gasteiger partial charge in [0.1, 0.15) is 0 Å². The summed E-state index contributed by atoms with van der Waals surface area (Å²) in [5.74, 6) is -3.04. The first-order valence-electron chi connectivity index (χ1n) is 11.1. The van der Waals surface area contributed by atoms with Crippen molar-refractivity contribution in [3.05, 3.63) is 116 Å². The number of carboxylic acids is 2. The van der Waals surface area contributed by atoms with Gasteiger partial charge in [0.15, 0.2) is 5.60 Å². The summed E-state index contributed by atoms with van der Waals surface area (Å²) in [5.41, 5.74) is -0.820. The van der Waals surface area contributed by atoms with E-state index in [1.807, 2.05) is 24.3 Å². The van der Waals surface area contributed by atoms with E-state index in [0.717, 1.165) is 11.3 Å². The molecular weight excluding hydrogens is 512 g/mol. The Morgan fingerprint density at radius 3 is 1.62 bits per heavy atom. The summed E-state index contributed by atoms with van der Waals surface area (Å²) in [4.78, 5) is 48.0. The first-order valence-corrected chi connectivity index (χ1v) is 12.7. The van der Waals surface area contributed by atoms with Gasteiger partial charge in [-0.3, -0.25) is 14.4 Å². The van der Waals surface area contributed by atoms with Crippen LogP contribution in [0, 0.1) is 0 Å². The van der Waals surface area contributed by atoms with E-state index in [0.29, 0.717) is 25.8 Å². The molecule has 0 saturated heterocycles. The predicted octanol–water partition coefficient (Wildman–Crippen LogP) is 5.44. The van der Waals surface area contributed by atoms with Gasteiger partial charge in [-0.05, 0) is 38.1 Å². The zero-order valence-electron chi connectivity index (χ0n) is 20.0. The van der Waals surface area contributed by atoms with Crippen LogP contribution in [0.1, 0.15) is 60.0 Å². The molecule has 9 heteroatoms. The highest BCUT2D eigenvalue weighted by molar-refractivity contribution is 7.14. The fourth-order valence-electron chi connectivity index (χ4n) is 3.12. The van der Waals surface area contributed by atoms with Crippen molar-refractivity contribution in [2.24, 2.45) is 0 Å². The lowest BCUT2D eigenvalue weighted by molar-refractivity contribution is -0.157. The highest BCUT2D eigenvalue weighted by atomic mass is 32.1. The van der Waals surface area contributed by atoms with E-state index in [2.05, 4.69) is 0 Å². The molecule has 0 saturated carbocycles. The number of thiophene rings is 2. The Labute approximate surface area is 221 Å². The number of hydrogen-bond donors (Lipinski definition) is 3. The van der Waals surface area contributed by atoms with Crippen LogP contribution in [-0.4, -0.2) is 38.8 Å². The molecule has 7 nitrogen and oxygen atoms in total. The molecule has 3 N–H and O–H groups in total. The SMILES string of the molecule is C[C@@H](C(=O)O)c1ccc(C(=O)c2ccccc2)s1.C[C@](O)(C(=O)O)c1ccc(C(=O)c2ccccc2)s1.